The monoisotopic (exact) mass is 283 g/mol. The van der Waals surface area contributed by atoms with Crippen molar-refractivity contribution < 1.29 is 9.47 Å². The van der Waals surface area contributed by atoms with Crippen LogP contribution in [0.3, 0.4) is 0 Å². The largest absolute Gasteiger partial charge is 0.490 e. The van der Waals surface area contributed by atoms with E-state index in [0.29, 0.717) is 19.1 Å². The molecule has 106 valence electrons. The number of ether oxygens (including phenoxy) is 2. The van der Waals surface area contributed by atoms with Crippen LogP contribution in [0, 0.1) is 5.92 Å². The van der Waals surface area contributed by atoms with E-state index in [1.807, 2.05) is 19.2 Å². The summed E-state index contributed by atoms with van der Waals surface area (Å²) in [5.41, 5.74) is 1.09. The van der Waals surface area contributed by atoms with Gasteiger partial charge in [0, 0.05) is 23.6 Å². The Morgan fingerprint density at radius 3 is 2.47 bits per heavy atom. The summed E-state index contributed by atoms with van der Waals surface area (Å²) in [6, 6.07) is 4.13. The minimum atomic E-state index is 0.231. The molecule has 0 bridgehead atoms. The van der Waals surface area contributed by atoms with Crippen molar-refractivity contribution in [3.8, 4) is 11.5 Å². The SMILES string of the molecule is CCC(C)C(NC)c1cc2c(cc1Cl)OCCCO2. The maximum Gasteiger partial charge on any atom is 0.162 e. The molecule has 19 heavy (non-hydrogen) atoms. The van der Waals surface area contributed by atoms with E-state index < -0.39 is 0 Å². The van der Waals surface area contributed by atoms with E-state index in [4.69, 9.17) is 21.1 Å². The van der Waals surface area contributed by atoms with Crippen molar-refractivity contribution in [3.05, 3.63) is 22.7 Å². The van der Waals surface area contributed by atoms with Gasteiger partial charge in [0.25, 0.3) is 0 Å². The van der Waals surface area contributed by atoms with Crippen molar-refractivity contribution in [3.63, 3.8) is 0 Å². The maximum absolute atomic E-state index is 6.41. The predicted octanol–water partition coefficient (Wildman–Crippen LogP) is 3.81. The lowest BCUT2D eigenvalue weighted by molar-refractivity contribution is 0.296. The Hall–Kier alpha value is -0.930. The van der Waals surface area contributed by atoms with Crippen LogP contribution >= 0.6 is 11.6 Å². The van der Waals surface area contributed by atoms with E-state index in [2.05, 4.69) is 19.2 Å². The summed E-state index contributed by atoms with van der Waals surface area (Å²) in [5.74, 6) is 2.07. The molecule has 1 aromatic carbocycles. The van der Waals surface area contributed by atoms with Gasteiger partial charge in [0.05, 0.1) is 13.2 Å². The first kappa shape index (κ1) is 14.5. The molecule has 0 saturated carbocycles. The van der Waals surface area contributed by atoms with Gasteiger partial charge in [-0.3, -0.25) is 0 Å². The zero-order valence-corrected chi connectivity index (χ0v) is 12.6. The van der Waals surface area contributed by atoms with Crippen LogP contribution in [0.15, 0.2) is 12.1 Å². The summed E-state index contributed by atoms with van der Waals surface area (Å²) in [7, 11) is 1.97. The van der Waals surface area contributed by atoms with E-state index in [0.717, 1.165) is 34.9 Å². The van der Waals surface area contributed by atoms with Crippen molar-refractivity contribution in [2.45, 2.75) is 32.7 Å². The third-order valence-corrected chi connectivity index (χ3v) is 4.05. The fourth-order valence-corrected chi connectivity index (χ4v) is 2.69. The lowest BCUT2D eigenvalue weighted by Gasteiger charge is -2.25. The first-order valence-electron chi connectivity index (χ1n) is 6.93. The van der Waals surface area contributed by atoms with Gasteiger partial charge in [-0.2, -0.15) is 0 Å². The molecule has 2 atom stereocenters. The molecule has 0 amide bonds. The molecule has 3 nitrogen and oxygen atoms in total. The molecule has 4 heteroatoms. The second kappa shape index (κ2) is 6.49. The minimum absolute atomic E-state index is 0.231. The second-order valence-corrected chi connectivity index (χ2v) is 5.43. The number of benzene rings is 1. The molecule has 1 aliphatic heterocycles. The molecule has 0 aliphatic carbocycles. The number of fused-ring (bicyclic) bond motifs is 1. The van der Waals surface area contributed by atoms with Crippen molar-refractivity contribution >= 4 is 11.6 Å². The average Bonchev–Trinajstić information content (AvgIpc) is 2.64. The Balaban J connectivity index is 2.37. The zero-order valence-electron chi connectivity index (χ0n) is 11.8. The van der Waals surface area contributed by atoms with Gasteiger partial charge in [0.2, 0.25) is 0 Å². The summed E-state index contributed by atoms with van der Waals surface area (Å²) in [6.07, 6.45) is 2.00. The van der Waals surface area contributed by atoms with Crippen LogP contribution in [0.2, 0.25) is 5.02 Å². The van der Waals surface area contributed by atoms with Gasteiger partial charge < -0.3 is 14.8 Å². The van der Waals surface area contributed by atoms with Gasteiger partial charge in [0.1, 0.15) is 0 Å². The van der Waals surface area contributed by atoms with Gasteiger partial charge in [0.15, 0.2) is 11.5 Å². The van der Waals surface area contributed by atoms with Gasteiger partial charge in [-0.25, -0.2) is 0 Å². The van der Waals surface area contributed by atoms with Crippen LogP contribution < -0.4 is 14.8 Å². The molecule has 0 saturated heterocycles. The van der Waals surface area contributed by atoms with Crippen LogP contribution in [0.25, 0.3) is 0 Å². The normalized spacial score (nSPS) is 17.7. The standard InChI is InChI=1S/C15H22ClNO2/c1-4-10(2)15(17-3)11-8-13-14(9-12(11)16)19-7-5-6-18-13/h8-10,15,17H,4-7H2,1-3H3. The first-order chi connectivity index (χ1) is 9.17. The van der Waals surface area contributed by atoms with Gasteiger partial charge in [-0.1, -0.05) is 31.9 Å². The smallest absolute Gasteiger partial charge is 0.162 e. The third-order valence-electron chi connectivity index (χ3n) is 3.73. The topological polar surface area (TPSA) is 30.5 Å². The summed E-state index contributed by atoms with van der Waals surface area (Å²) >= 11 is 6.41. The van der Waals surface area contributed by atoms with Crippen molar-refractivity contribution in [2.24, 2.45) is 5.92 Å². The molecule has 0 radical (unpaired) electrons. The summed E-state index contributed by atoms with van der Waals surface area (Å²) in [5, 5.41) is 4.09. The molecule has 0 aromatic heterocycles. The van der Waals surface area contributed by atoms with E-state index in [9.17, 15) is 0 Å². The highest BCUT2D eigenvalue weighted by atomic mass is 35.5. The third kappa shape index (κ3) is 3.15. The Kier molecular flexibility index (Phi) is 4.94. The highest BCUT2D eigenvalue weighted by Gasteiger charge is 2.22. The maximum atomic E-state index is 6.41. The molecule has 0 fully saturated rings. The molecule has 1 N–H and O–H groups in total. The molecule has 1 heterocycles. The van der Waals surface area contributed by atoms with Crippen molar-refractivity contribution in [1.29, 1.82) is 0 Å². The van der Waals surface area contributed by atoms with Gasteiger partial charge in [-0.15, -0.1) is 0 Å². The number of nitrogens with one attached hydrogen (secondary N) is 1. The fourth-order valence-electron chi connectivity index (χ4n) is 2.42. The van der Waals surface area contributed by atoms with Crippen LogP contribution in [-0.2, 0) is 0 Å². The molecular formula is C15H22ClNO2. The Morgan fingerprint density at radius 1 is 1.26 bits per heavy atom. The summed E-state index contributed by atoms with van der Waals surface area (Å²) in [4.78, 5) is 0. The first-order valence-corrected chi connectivity index (χ1v) is 7.31. The highest BCUT2D eigenvalue weighted by molar-refractivity contribution is 6.31. The molecule has 2 rings (SSSR count). The Morgan fingerprint density at radius 2 is 1.89 bits per heavy atom. The Labute approximate surface area is 120 Å². The van der Waals surface area contributed by atoms with E-state index in [-0.39, 0.29) is 6.04 Å². The zero-order chi connectivity index (χ0) is 13.8. The molecule has 1 aromatic rings. The molecular weight excluding hydrogens is 262 g/mol. The van der Waals surface area contributed by atoms with Crippen LogP contribution in [-0.4, -0.2) is 20.3 Å². The average molecular weight is 284 g/mol. The van der Waals surface area contributed by atoms with E-state index in [1.54, 1.807) is 0 Å². The summed E-state index contributed by atoms with van der Waals surface area (Å²) in [6.45, 7) is 5.79. The van der Waals surface area contributed by atoms with Gasteiger partial charge in [-0.05, 0) is 24.6 Å². The quantitative estimate of drug-likeness (QED) is 0.911. The number of halogens is 1. The van der Waals surface area contributed by atoms with E-state index in [1.165, 1.54) is 0 Å². The second-order valence-electron chi connectivity index (χ2n) is 5.02. The molecule has 1 aliphatic rings. The van der Waals surface area contributed by atoms with Crippen molar-refractivity contribution in [1.82, 2.24) is 5.32 Å². The lowest BCUT2D eigenvalue weighted by atomic mass is 9.92. The van der Waals surface area contributed by atoms with Crippen LogP contribution in [0.5, 0.6) is 11.5 Å². The van der Waals surface area contributed by atoms with Crippen molar-refractivity contribution in [2.75, 3.05) is 20.3 Å². The number of hydrogen-bond acceptors (Lipinski definition) is 3. The molecule has 2 unspecified atom stereocenters. The number of rotatable bonds is 4. The molecule has 0 spiro atoms. The van der Waals surface area contributed by atoms with Gasteiger partial charge >= 0.3 is 0 Å². The highest BCUT2D eigenvalue weighted by Crippen LogP contribution is 2.39. The van der Waals surface area contributed by atoms with E-state index >= 15 is 0 Å². The van der Waals surface area contributed by atoms with Crippen LogP contribution in [0.1, 0.15) is 38.3 Å². The number of hydrogen-bond donors (Lipinski definition) is 1. The Bertz CT molecular complexity index is 436. The lowest BCUT2D eigenvalue weighted by Crippen LogP contribution is -2.23. The minimum Gasteiger partial charge on any atom is -0.490 e. The van der Waals surface area contributed by atoms with Crippen LogP contribution in [0.4, 0.5) is 0 Å². The fraction of sp³-hybridized carbons (Fsp3) is 0.600. The summed E-state index contributed by atoms with van der Waals surface area (Å²) < 4.78 is 11.4. The predicted molar refractivity (Wildman–Crippen MR) is 78.3 cm³/mol.